The van der Waals surface area contributed by atoms with Crippen LogP contribution < -0.4 is 9.64 Å². The van der Waals surface area contributed by atoms with Crippen molar-refractivity contribution in [1.82, 2.24) is 19.9 Å². The minimum atomic E-state index is 0.633. The van der Waals surface area contributed by atoms with Crippen LogP contribution >= 0.6 is 0 Å². The van der Waals surface area contributed by atoms with Gasteiger partial charge in [-0.15, -0.1) is 0 Å². The van der Waals surface area contributed by atoms with Gasteiger partial charge in [0.15, 0.2) is 0 Å². The fourth-order valence-electron chi connectivity index (χ4n) is 4.19. The zero-order valence-electron chi connectivity index (χ0n) is 19.8. The van der Waals surface area contributed by atoms with Crippen LogP contribution in [-0.2, 0) is 13.1 Å². The molecule has 168 valence electrons. The molecule has 0 amide bonds. The van der Waals surface area contributed by atoms with Crippen molar-refractivity contribution in [3.8, 4) is 5.75 Å². The van der Waals surface area contributed by atoms with E-state index >= 15 is 0 Å². The molecular formula is C27H29N5O. The fourth-order valence-corrected chi connectivity index (χ4v) is 4.19. The molecule has 2 N–H and O–H groups in total. The number of aryl methyl sites for hydroxylation is 4. The molecule has 0 radical (unpaired) electrons. The lowest BCUT2D eigenvalue weighted by molar-refractivity contribution is 0.415. The monoisotopic (exact) mass is 439 g/mol. The Morgan fingerprint density at radius 3 is 1.61 bits per heavy atom. The predicted octanol–water partition coefficient (Wildman–Crippen LogP) is 5.89. The van der Waals surface area contributed by atoms with Gasteiger partial charge in [-0.05, 0) is 98.5 Å². The number of aromatic nitrogens is 4. The Hall–Kier alpha value is -3.80. The maximum Gasteiger partial charge on any atom is 0.126 e. The molecule has 5 aromatic rings. The summed E-state index contributed by atoms with van der Waals surface area (Å²) in [6.07, 6.45) is 0. The van der Waals surface area contributed by atoms with Crippen LogP contribution in [-0.4, -0.2) is 27.0 Å². The van der Waals surface area contributed by atoms with Crippen molar-refractivity contribution in [3.63, 3.8) is 0 Å². The number of hydrogen-bond donors (Lipinski definition) is 2. The van der Waals surface area contributed by atoms with Crippen LogP contribution in [0.25, 0.3) is 22.1 Å². The highest BCUT2D eigenvalue weighted by molar-refractivity contribution is 5.78. The Bertz CT molecular complexity index is 1280. The molecule has 3 aromatic carbocycles. The number of aromatic amines is 2. The number of benzene rings is 3. The van der Waals surface area contributed by atoms with Gasteiger partial charge in [0.05, 0.1) is 42.3 Å². The van der Waals surface area contributed by atoms with Crippen molar-refractivity contribution < 1.29 is 4.74 Å². The molecule has 0 atom stereocenters. The highest BCUT2D eigenvalue weighted by Crippen LogP contribution is 2.25. The molecule has 0 saturated heterocycles. The van der Waals surface area contributed by atoms with Crippen LogP contribution in [0.15, 0.2) is 48.5 Å². The lowest BCUT2D eigenvalue weighted by Gasteiger charge is -2.23. The Kier molecular flexibility index (Phi) is 5.29. The summed E-state index contributed by atoms with van der Waals surface area (Å²) in [5, 5.41) is 0. The molecule has 0 aliphatic heterocycles. The third-order valence-corrected chi connectivity index (χ3v) is 6.41. The van der Waals surface area contributed by atoms with Gasteiger partial charge < -0.3 is 19.6 Å². The van der Waals surface area contributed by atoms with E-state index in [4.69, 9.17) is 14.7 Å². The summed E-state index contributed by atoms with van der Waals surface area (Å²) in [6, 6.07) is 16.8. The van der Waals surface area contributed by atoms with Gasteiger partial charge in [-0.1, -0.05) is 0 Å². The summed E-state index contributed by atoms with van der Waals surface area (Å²) in [4.78, 5) is 19.0. The molecule has 0 saturated carbocycles. The summed E-state index contributed by atoms with van der Waals surface area (Å²) in [5.41, 5.74) is 10.2. The molecule has 5 rings (SSSR count). The topological polar surface area (TPSA) is 69.8 Å². The molecule has 0 fully saturated rings. The second-order valence-electron chi connectivity index (χ2n) is 8.83. The van der Waals surface area contributed by atoms with Gasteiger partial charge in [-0.2, -0.15) is 0 Å². The first-order valence-corrected chi connectivity index (χ1v) is 11.2. The van der Waals surface area contributed by atoms with E-state index in [1.807, 2.05) is 12.1 Å². The van der Waals surface area contributed by atoms with Crippen molar-refractivity contribution in [2.45, 2.75) is 40.8 Å². The highest BCUT2D eigenvalue weighted by atomic mass is 16.5. The predicted molar refractivity (Wildman–Crippen MR) is 134 cm³/mol. The van der Waals surface area contributed by atoms with E-state index < -0.39 is 0 Å². The van der Waals surface area contributed by atoms with Gasteiger partial charge in [0, 0.05) is 5.69 Å². The summed E-state index contributed by atoms with van der Waals surface area (Å²) in [6.45, 7) is 9.77. The van der Waals surface area contributed by atoms with E-state index in [9.17, 15) is 0 Å². The third kappa shape index (κ3) is 4.16. The van der Waals surface area contributed by atoms with Crippen LogP contribution in [0, 0.1) is 27.7 Å². The van der Waals surface area contributed by atoms with Crippen molar-refractivity contribution >= 4 is 27.8 Å². The largest absolute Gasteiger partial charge is 0.497 e. The smallest absolute Gasteiger partial charge is 0.126 e. The standard InChI is InChI=1S/C27H29N5O/c1-16-10-22-23(11-17(16)2)29-26(28-22)14-32(20-6-8-21(33-5)9-7-20)15-27-30-24-12-18(3)19(4)13-25(24)31-27/h6-13H,14-15H2,1-5H3,(H,28,29)(H,30,31). The number of methoxy groups -OCH3 is 1. The van der Waals surface area contributed by atoms with Crippen LogP contribution in [0.3, 0.4) is 0 Å². The van der Waals surface area contributed by atoms with Crippen LogP contribution in [0.2, 0.25) is 0 Å². The summed E-state index contributed by atoms with van der Waals surface area (Å²) >= 11 is 0. The van der Waals surface area contributed by atoms with Crippen LogP contribution in [0.4, 0.5) is 5.69 Å². The van der Waals surface area contributed by atoms with E-state index in [0.717, 1.165) is 45.2 Å². The van der Waals surface area contributed by atoms with E-state index in [2.05, 4.69) is 79.0 Å². The third-order valence-electron chi connectivity index (χ3n) is 6.41. The quantitative estimate of drug-likeness (QED) is 0.346. The average molecular weight is 440 g/mol. The number of nitrogens with zero attached hydrogens (tertiary/aromatic N) is 3. The molecular weight excluding hydrogens is 410 g/mol. The van der Waals surface area contributed by atoms with Crippen molar-refractivity contribution in [1.29, 1.82) is 0 Å². The minimum Gasteiger partial charge on any atom is -0.497 e. The molecule has 2 aromatic heterocycles. The number of ether oxygens (including phenoxy) is 1. The van der Waals surface area contributed by atoms with Gasteiger partial charge in [-0.25, -0.2) is 9.97 Å². The fraction of sp³-hybridized carbons (Fsp3) is 0.259. The van der Waals surface area contributed by atoms with E-state index in [1.165, 1.54) is 22.3 Å². The zero-order chi connectivity index (χ0) is 23.1. The number of anilines is 1. The van der Waals surface area contributed by atoms with Gasteiger partial charge in [-0.3, -0.25) is 0 Å². The summed E-state index contributed by atoms with van der Waals surface area (Å²) < 4.78 is 5.35. The number of nitrogens with one attached hydrogen (secondary N) is 2. The maximum absolute atomic E-state index is 5.35. The highest BCUT2D eigenvalue weighted by Gasteiger charge is 2.15. The summed E-state index contributed by atoms with van der Waals surface area (Å²) in [7, 11) is 1.68. The molecule has 33 heavy (non-hydrogen) atoms. The van der Waals surface area contributed by atoms with Crippen molar-refractivity contribution in [2.75, 3.05) is 12.0 Å². The number of rotatable bonds is 6. The van der Waals surface area contributed by atoms with Gasteiger partial charge in [0.1, 0.15) is 17.4 Å². The second-order valence-corrected chi connectivity index (χ2v) is 8.83. The normalized spacial score (nSPS) is 11.4. The van der Waals surface area contributed by atoms with Gasteiger partial charge >= 0.3 is 0 Å². The first-order chi connectivity index (χ1) is 15.9. The van der Waals surface area contributed by atoms with Crippen LogP contribution in [0.1, 0.15) is 33.9 Å². The SMILES string of the molecule is COc1ccc(N(Cc2nc3cc(C)c(C)cc3[nH]2)Cc2nc3cc(C)c(C)cc3[nH]2)cc1. The Labute approximate surface area is 193 Å². The number of hydrogen-bond acceptors (Lipinski definition) is 4. The Morgan fingerprint density at radius 1 is 0.697 bits per heavy atom. The Balaban J connectivity index is 1.50. The van der Waals surface area contributed by atoms with Gasteiger partial charge in [0.2, 0.25) is 0 Å². The average Bonchev–Trinajstić information content (AvgIpc) is 3.36. The molecule has 0 aliphatic carbocycles. The molecule has 6 nitrogen and oxygen atoms in total. The van der Waals surface area contributed by atoms with E-state index in [-0.39, 0.29) is 0 Å². The second kappa shape index (κ2) is 8.28. The lowest BCUT2D eigenvalue weighted by atomic mass is 10.1. The van der Waals surface area contributed by atoms with E-state index in [1.54, 1.807) is 7.11 Å². The van der Waals surface area contributed by atoms with Crippen molar-refractivity contribution in [2.24, 2.45) is 0 Å². The number of fused-ring (bicyclic) bond motifs is 2. The first-order valence-electron chi connectivity index (χ1n) is 11.2. The summed E-state index contributed by atoms with van der Waals surface area (Å²) in [5.74, 6) is 2.69. The van der Waals surface area contributed by atoms with Crippen LogP contribution in [0.5, 0.6) is 5.75 Å². The molecule has 0 unspecified atom stereocenters. The first kappa shape index (κ1) is 21.1. The molecule has 0 bridgehead atoms. The number of imidazole rings is 2. The lowest BCUT2D eigenvalue weighted by Crippen LogP contribution is -2.23. The molecule has 6 heteroatoms. The molecule has 2 heterocycles. The van der Waals surface area contributed by atoms with Gasteiger partial charge in [0.25, 0.3) is 0 Å². The molecule has 0 aliphatic rings. The van der Waals surface area contributed by atoms with E-state index in [0.29, 0.717) is 13.1 Å². The minimum absolute atomic E-state index is 0.633. The molecule has 0 spiro atoms. The zero-order valence-corrected chi connectivity index (χ0v) is 19.8. The van der Waals surface area contributed by atoms with Crippen molar-refractivity contribution in [3.05, 3.63) is 82.4 Å². The maximum atomic E-state index is 5.35. The number of H-pyrrole nitrogens is 2. The Morgan fingerprint density at radius 2 is 1.15 bits per heavy atom.